The molecule has 2 unspecified atom stereocenters. The SMILES string of the molecule is CCCC(N)C(=O)N1CCC(CN2CCCC2)C1. The van der Waals surface area contributed by atoms with E-state index < -0.39 is 0 Å². The van der Waals surface area contributed by atoms with Gasteiger partial charge in [0.15, 0.2) is 0 Å². The van der Waals surface area contributed by atoms with E-state index in [2.05, 4.69) is 11.8 Å². The summed E-state index contributed by atoms with van der Waals surface area (Å²) in [4.78, 5) is 16.6. The van der Waals surface area contributed by atoms with Gasteiger partial charge in [0.25, 0.3) is 0 Å². The molecule has 2 atom stereocenters. The van der Waals surface area contributed by atoms with Crippen molar-refractivity contribution in [3.05, 3.63) is 0 Å². The summed E-state index contributed by atoms with van der Waals surface area (Å²) < 4.78 is 0. The molecule has 0 bridgehead atoms. The molecule has 2 rings (SSSR count). The van der Waals surface area contributed by atoms with Gasteiger partial charge in [-0.1, -0.05) is 13.3 Å². The Hall–Kier alpha value is -0.610. The summed E-state index contributed by atoms with van der Waals surface area (Å²) in [5, 5.41) is 0. The second kappa shape index (κ2) is 6.53. The Bertz CT molecular complexity index is 276. The molecule has 0 aliphatic carbocycles. The van der Waals surface area contributed by atoms with Crippen molar-refractivity contribution < 1.29 is 4.79 Å². The predicted octanol–water partition coefficient (Wildman–Crippen LogP) is 1.06. The Morgan fingerprint density at radius 2 is 2.06 bits per heavy atom. The van der Waals surface area contributed by atoms with Crippen molar-refractivity contribution in [3.8, 4) is 0 Å². The van der Waals surface area contributed by atoms with Crippen molar-refractivity contribution in [2.75, 3.05) is 32.7 Å². The van der Waals surface area contributed by atoms with Crippen LogP contribution in [0.4, 0.5) is 0 Å². The van der Waals surface area contributed by atoms with E-state index in [4.69, 9.17) is 5.73 Å². The molecule has 2 aliphatic heterocycles. The molecule has 18 heavy (non-hydrogen) atoms. The van der Waals surface area contributed by atoms with E-state index >= 15 is 0 Å². The Labute approximate surface area is 110 Å². The van der Waals surface area contributed by atoms with Gasteiger partial charge < -0.3 is 15.5 Å². The summed E-state index contributed by atoms with van der Waals surface area (Å²) in [6.45, 7) is 7.58. The number of hydrogen-bond donors (Lipinski definition) is 1. The minimum absolute atomic E-state index is 0.167. The third kappa shape index (κ3) is 3.45. The van der Waals surface area contributed by atoms with Gasteiger partial charge in [-0.15, -0.1) is 0 Å². The van der Waals surface area contributed by atoms with Crippen LogP contribution in [0.5, 0.6) is 0 Å². The van der Waals surface area contributed by atoms with Gasteiger partial charge in [-0.05, 0) is 44.7 Å². The van der Waals surface area contributed by atoms with Crippen LogP contribution in [0.25, 0.3) is 0 Å². The molecule has 0 radical (unpaired) electrons. The normalized spacial score (nSPS) is 26.8. The molecule has 2 aliphatic rings. The van der Waals surface area contributed by atoms with E-state index in [0.717, 1.165) is 32.4 Å². The lowest BCUT2D eigenvalue weighted by Gasteiger charge is -2.22. The lowest BCUT2D eigenvalue weighted by molar-refractivity contribution is -0.131. The smallest absolute Gasteiger partial charge is 0.239 e. The molecule has 104 valence electrons. The first-order valence-electron chi connectivity index (χ1n) is 7.47. The van der Waals surface area contributed by atoms with Crippen LogP contribution in [0.1, 0.15) is 39.0 Å². The van der Waals surface area contributed by atoms with Gasteiger partial charge in [0.2, 0.25) is 5.91 Å². The van der Waals surface area contributed by atoms with Crippen LogP contribution < -0.4 is 5.73 Å². The van der Waals surface area contributed by atoms with Gasteiger partial charge in [-0.3, -0.25) is 4.79 Å². The molecule has 0 aromatic rings. The zero-order valence-electron chi connectivity index (χ0n) is 11.6. The predicted molar refractivity (Wildman–Crippen MR) is 73.2 cm³/mol. The highest BCUT2D eigenvalue weighted by atomic mass is 16.2. The molecule has 0 spiro atoms. The molecule has 0 aromatic carbocycles. The summed E-state index contributed by atoms with van der Waals surface area (Å²) in [6.07, 6.45) is 5.64. The second-order valence-electron chi connectivity index (χ2n) is 5.84. The molecule has 2 fully saturated rings. The number of hydrogen-bond acceptors (Lipinski definition) is 3. The third-order valence-corrected chi connectivity index (χ3v) is 4.23. The number of carbonyl (C=O) groups excluding carboxylic acids is 1. The van der Waals surface area contributed by atoms with Crippen molar-refractivity contribution in [1.82, 2.24) is 9.80 Å². The van der Waals surface area contributed by atoms with Crippen molar-refractivity contribution in [3.63, 3.8) is 0 Å². The van der Waals surface area contributed by atoms with E-state index in [9.17, 15) is 4.79 Å². The van der Waals surface area contributed by atoms with Gasteiger partial charge in [0.1, 0.15) is 0 Å². The Morgan fingerprint density at radius 3 is 2.72 bits per heavy atom. The topological polar surface area (TPSA) is 49.6 Å². The molecule has 0 saturated carbocycles. The van der Waals surface area contributed by atoms with Crippen molar-refractivity contribution >= 4 is 5.91 Å². The van der Waals surface area contributed by atoms with Crippen molar-refractivity contribution in [2.24, 2.45) is 11.7 Å². The molecule has 2 N–H and O–H groups in total. The minimum Gasteiger partial charge on any atom is -0.341 e. The maximum absolute atomic E-state index is 12.1. The van der Waals surface area contributed by atoms with E-state index in [1.54, 1.807) is 0 Å². The maximum atomic E-state index is 12.1. The zero-order chi connectivity index (χ0) is 13.0. The average Bonchev–Trinajstić information content (AvgIpc) is 3.00. The molecule has 2 saturated heterocycles. The maximum Gasteiger partial charge on any atom is 0.239 e. The Kier molecular flexibility index (Phi) is 5.01. The molecule has 0 aromatic heterocycles. The minimum atomic E-state index is -0.277. The largest absolute Gasteiger partial charge is 0.341 e. The zero-order valence-corrected chi connectivity index (χ0v) is 11.6. The van der Waals surface area contributed by atoms with E-state index in [0.29, 0.717) is 5.92 Å². The fourth-order valence-electron chi connectivity index (χ4n) is 3.18. The van der Waals surface area contributed by atoms with Crippen molar-refractivity contribution in [2.45, 2.75) is 45.1 Å². The molecule has 1 amide bonds. The fourth-order valence-corrected chi connectivity index (χ4v) is 3.18. The number of nitrogens with zero attached hydrogens (tertiary/aromatic N) is 2. The van der Waals surface area contributed by atoms with Crippen LogP contribution in [-0.2, 0) is 4.79 Å². The first-order valence-corrected chi connectivity index (χ1v) is 7.47. The summed E-state index contributed by atoms with van der Waals surface area (Å²) in [6, 6.07) is -0.277. The van der Waals surface area contributed by atoms with Crippen LogP contribution in [0.3, 0.4) is 0 Å². The molecule has 2 heterocycles. The summed E-state index contributed by atoms with van der Waals surface area (Å²) in [5.74, 6) is 0.835. The summed E-state index contributed by atoms with van der Waals surface area (Å²) >= 11 is 0. The number of likely N-dealkylation sites (tertiary alicyclic amines) is 2. The third-order valence-electron chi connectivity index (χ3n) is 4.23. The average molecular weight is 253 g/mol. The quantitative estimate of drug-likeness (QED) is 0.797. The van der Waals surface area contributed by atoms with Crippen molar-refractivity contribution in [1.29, 1.82) is 0 Å². The van der Waals surface area contributed by atoms with Crippen LogP contribution in [0, 0.1) is 5.92 Å². The van der Waals surface area contributed by atoms with Crippen LogP contribution >= 0.6 is 0 Å². The highest BCUT2D eigenvalue weighted by Crippen LogP contribution is 2.20. The van der Waals surface area contributed by atoms with Crippen LogP contribution in [0.15, 0.2) is 0 Å². The highest BCUT2D eigenvalue weighted by Gasteiger charge is 2.30. The van der Waals surface area contributed by atoms with Gasteiger partial charge in [-0.25, -0.2) is 0 Å². The number of amides is 1. The van der Waals surface area contributed by atoms with Gasteiger partial charge in [0, 0.05) is 19.6 Å². The highest BCUT2D eigenvalue weighted by molar-refractivity contribution is 5.81. The lowest BCUT2D eigenvalue weighted by atomic mass is 10.1. The number of rotatable bonds is 5. The number of nitrogens with two attached hydrogens (primary N) is 1. The van der Waals surface area contributed by atoms with E-state index in [1.165, 1.54) is 32.5 Å². The summed E-state index contributed by atoms with van der Waals surface area (Å²) in [7, 11) is 0. The van der Waals surface area contributed by atoms with Gasteiger partial charge in [-0.2, -0.15) is 0 Å². The van der Waals surface area contributed by atoms with Gasteiger partial charge >= 0.3 is 0 Å². The first kappa shape index (κ1) is 13.8. The number of carbonyl (C=O) groups is 1. The molecule has 4 heteroatoms. The fraction of sp³-hybridized carbons (Fsp3) is 0.929. The molecular weight excluding hydrogens is 226 g/mol. The Morgan fingerprint density at radius 1 is 1.33 bits per heavy atom. The standard InChI is InChI=1S/C14H27N3O/c1-2-5-13(15)14(18)17-9-6-12(11-17)10-16-7-3-4-8-16/h12-13H,2-11,15H2,1H3. The van der Waals surface area contributed by atoms with Gasteiger partial charge in [0.05, 0.1) is 6.04 Å². The second-order valence-corrected chi connectivity index (χ2v) is 5.84. The molecular formula is C14H27N3O. The van der Waals surface area contributed by atoms with E-state index in [-0.39, 0.29) is 11.9 Å². The van der Waals surface area contributed by atoms with Crippen LogP contribution in [-0.4, -0.2) is 54.5 Å². The van der Waals surface area contributed by atoms with E-state index in [1.807, 2.05) is 4.90 Å². The summed E-state index contributed by atoms with van der Waals surface area (Å²) in [5.41, 5.74) is 5.91. The lowest BCUT2D eigenvalue weighted by Crippen LogP contribution is -2.43. The molecule has 4 nitrogen and oxygen atoms in total. The first-order chi connectivity index (χ1) is 8.70. The Balaban J connectivity index is 1.75. The monoisotopic (exact) mass is 253 g/mol. The van der Waals surface area contributed by atoms with Crippen LogP contribution in [0.2, 0.25) is 0 Å².